The molecule has 1 saturated carbocycles. The van der Waals surface area contributed by atoms with Crippen molar-refractivity contribution < 1.29 is 32.3 Å². The zero-order valence-corrected chi connectivity index (χ0v) is 26.5. The lowest BCUT2D eigenvalue weighted by Crippen LogP contribution is -2.41. The van der Waals surface area contributed by atoms with Crippen LogP contribution in [0.1, 0.15) is 45.7 Å². The van der Waals surface area contributed by atoms with Crippen LogP contribution in [0.15, 0.2) is 42.5 Å². The maximum Gasteiger partial charge on any atom is 0.262 e. The molecule has 4 amide bonds. The number of likely N-dealkylation sites (N-methyl/N-ethyl adjacent to an activating group) is 1. The predicted molar refractivity (Wildman–Crippen MR) is 168 cm³/mol. The number of rotatable bonds is 7. The highest BCUT2D eigenvalue weighted by Gasteiger charge is 2.50. The zero-order chi connectivity index (χ0) is 34.2. The number of hydrogen-bond donors (Lipinski definition) is 3. The van der Waals surface area contributed by atoms with Gasteiger partial charge in [0.25, 0.3) is 5.91 Å². The molecule has 3 aromatic rings. The Hall–Kier alpha value is -4.86. The smallest absolute Gasteiger partial charge is 0.262 e. The van der Waals surface area contributed by atoms with Crippen molar-refractivity contribution in [2.75, 3.05) is 30.8 Å². The molecule has 0 spiro atoms. The molecule has 13 heteroatoms. The van der Waals surface area contributed by atoms with Gasteiger partial charge >= 0.3 is 0 Å². The van der Waals surface area contributed by atoms with Gasteiger partial charge in [-0.3, -0.25) is 19.2 Å². The van der Waals surface area contributed by atoms with Gasteiger partial charge in [-0.25, -0.2) is 13.2 Å². The quantitative estimate of drug-likeness (QED) is 0.301. The lowest BCUT2D eigenvalue weighted by molar-refractivity contribution is -0.135. The first-order valence-electron chi connectivity index (χ1n) is 14.9. The number of likely N-dealkylation sites (tertiary alicyclic amines) is 1. The fourth-order valence-electron chi connectivity index (χ4n) is 4.53. The average Bonchev–Trinajstić information content (AvgIpc) is 3.41. The number of nitriles is 1. The van der Waals surface area contributed by atoms with Gasteiger partial charge in [-0.05, 0) is 68.5 Å². The molecule has 2 fully saturated rings. The number of nitrogens with zero attached hydrogens (tertiary/aromatic N) is 3. The molecule has 0 radical (unpaired) electrons. The number of halogens is 3. The summed E-state index contributed by atoms with van der Waals surface area (Å²) in [5, 5.41) is 15.0. The molecule has 5 rings (SSSR count). The van der Waals surface area contributed by atoms with E-state index in [1.165, 1.54) is 22.9 Å². The number of benzene rings is 2. The molecule has 1 saturated heterocycles. The van der Waals surface area contributed by atoms with Crippen LogP contribution in [0.25, 0.3) is 10.9 Å². The fourth-order valence-corrected chi connectivity index (χ4v) is 4.53. The van der Waals surface area contributed by atoms with Crippen LogP contribution in [0.4, 0.5) is 24.5 Å². The number of alkyl halides is 1. The van der Waals surface area contributed by atoms with E-state index >= 15 is 0 Å². The molecule has 246 valence electrons. The van der Waals surface area contributed by atoms with Crippen LogP contribution < -0.4 is 10.6 Å². The van der Waals surface area contributed by atoms with Crippen LogP contribution in [0.3, 0.4) is 0 Å². The van der Waals surface area contributed by atoms with Crippen molar-refractivity contribution in [3.05, 3.63) is 59.8 Å². The van der Waals surface area contributed by atoms with E-state index in [2.05, 4.69) is 36.4 Å². The Morgan fingerprint density at radius 1 is 1.11 bits per heavy atom. The van der Waals surface area contributed by atoms with Crippen molar-refractivity contribution in [2.45, 2.75) is 58.7 Å². The SMILES string of the molecule is CC(C)C.CN(C=O)CC(=O)N1CC(C(=O)Nc2ccc(NC(=O)C3(F)CC3)cc2)CC1C#N.Cc1cc2c(F)cc(F)cc2[nH]1. The fraction of sp³-hybridized carbons (Fsp3) is 0.424. The molecule has 2 heterocycles. The van der Waals surface area contributed by atoms with Crippen molar-refractivity contribution in [1.29, 1.82) is 5.26 Å². The highest BCUT2D eigenvalue weighted by Crippen LogP contribution is 2.40. The number of anilines is 2. The van der Waals surface area contributed by atoms with Crippen molar-refractivity contribution in [2.24, 2.45) is 11.8 Å². The Bertz CT molecular complexity index is 1590. The minimum absolute atomic E-state index is 0.0856. The second-order valence-corrected chi connectivity index (χ2v) is 12.2. The average molecular weight is 641 g/mol. The van der Waals surface area contributed by atoms with Gasteiger partial charge in [-0.15, -0.1) is 0 Å². The third-order valence-corrected chi connectivity index (χ3v) is 7.00. The first-order valence-corrected chi connectivity index (χ1v) is 14.9. The van der Waals surface area contributed by atoms with E-state index in [1.807, 2.05) is 6.07 Å². The van der Waals surface area contributed by atoms with Crippen LogP contribution in [0.2, 0.25) is 0 Å². The summed E-state index contributed by atoms with van der Waals surface area (Å²) in [6.45, 7) is 8.23. The van der Waals surface area contributed by atoms with E-state index in [1.54, 1.807) is 37.3 Å². The Balaban J connectivity index is 0.000000294. The summed E-state index contributed by atoms with van der Waals surface area (Å²) < 4.78 is 39.3. The number of fused-ring (bicyclic) bond motifs is 1. The van der Waals surface area contributed by atoms with Crippen molar-refractivity contribution in [3.63, 3.8) is 0 Å². The summed E-state index contributed by atoms with van der Waals surface area (Å²) >= 11 is 0. The number of carbonyl (C=O) groups excluding carboxylic acids is 4. The van der Waals surface area contributed by atoms with E-state index in [9.17, 15) is 37.6 Å². The highest BCUT2D eigenvalue weighted by molar-refractivity contribution is 5.99. The molecular weight excluding hydrogens is 601 g/mol. The van der Waals surface area contributed by atoms with E-state index in [-0.39, 0.29) is 38.3 Å². The molecule has 1 aromatic heterocycles. The normalized spacial score (nSPS) is 17.5. The van der Waals surface area contributed by atoms with Gasteiger partial charge in [0, 0.05) is 42.1 Å². The number of aromatic nitrogens is 1. The summed E-state index contributed by atoms with van der Waals surface area (Å²) in [7, 11) is 1.46. The summed E-state index contributed by atoms with van der Waals surface area (Å²) in [5.74, 6) is -2.21. The first kappa shape index (κ1) is 35.6. The Morgan fingerprint density at radius 2 is 1.70 bits per heavy atom. The number of nitrogens with one attached hydrogen (secondary N) is 3. The number of aromatic amines is 1. The molecule has 2 atom stereocenters. The van der Waals surface area contributed by atoms with Gasteiger partial charge < -0.3 is 25.4 Å². The topological polar surface area (TPSA) is 138 Å². The summed E-state index contributed by atoms with van der Waals surface area (Å²) in [6.07, 6.45) is 1.17. The second-order valence-electron chi connectivity index (χ2n) is 12.2. The van der Waals surface area contributed by atoms with Crippen molar-refractivity contribution >= 4 is 46.4 Å². The van der Waals surface area contributed by atoms with Crippen LogP contribution >= 0.6 is 0 Å². The molecule has 10 nitrogen and oxygen atoms in total. The number of aryl methyl sites for hydroxylation is 1. The minimum Gasteiger partial charge on any atom is -0.358 e. The summed E-state index contributed by atoms with van der Waals surface area (Å²) in [4.78, 5) is 52.6. The monoisotopic (exact) mass is 640 g/mol. The highest BCUT2D eigenvalue weighted by atomic mass is 19.1. The van der Waals surface area contributed by atoms with Crippen LogP contribution in [0.5, 0.6) is 0 Å². The first-order chi connectivity index (χ1) is 21.6. The van der Waals surface area contributed by atoms with Crippen LogP contribution in [0, 0.1) is 41.7 Å². The molecule has 2 aliphatic rings. The maximum atomic E-state index is 13.7. The van der Waals surface area contributed by atoms with E-state index in [4.69, 9.17) is 0 Å². The standard InChI is InChI=1S/C20H22FN5O4.C9H7F2N.C4H10/c1-25(12-27)11-17(28)26-10-13(8-16(26)9-22)18(29)23-14-2-4-15(5-3-14)24-19(30)20(21)6-7-20;1-5-2-7-8(11)3-6(10)4-9(7)12-5;1-4(2)3/h2-5,12-13,16H,6-8,10-11H2,1H3,(H,23,29)(H,24,30);2-4,12H,1H3;4H,1-3H3. The Labute approximate surface area is 265 Å². The molecule has 1 aliphatic carbocycles. The molecule has 2 aromatic carbocycles. The maximum absolute atomic E-state index is 13.7. The van der Waals surface area contributed by atoms with Gasteiger partial charge in [0.1, 0.15) is 17.7 Å². The minimum atomic E-state index is -1.77. The Morgan fingerprint density at radius 3 is 2.24 bits per heavy atom. The van der Waals surface area contributed by atoms with Crippen LogP contribution in [-0.2, 0) is 19.2 Å². The number of amides is 4. The van der Waals surface area contributed by atoms with Crippen LogP contribution in [-0.4, -0.2) is 70.8 Å². The van der Waals surface area contributed by atoms with E-state index < -0.39 is 41.1 Å². The molecule has 2 unspecified atom stereocenters. The number of carbonyl (C=O) groups is 4. The van der Waals surface area contributed by atoms with Gasteiger partial charge in [-0.1, -0.05) is 20.8 Å². The lowest BCUT2D eigenvalue weighted by atomic mass is 10.1. The number of hydrogen-bond acceptors (Lipinski definition) is 5. The summed E-state index contributed by atoms with van der Waals surface area (Å²) in [5.41, 5.74) is 0.456. The molecule has 3 N–H and O–H groups in total. The Kier molecular flexibility index (Phi) is 11.9. The van der Waals surface area contributed by atoms with Gasteiger partial charge in [0.05, 0.1) is 24.0 Å². The van der Waals surface area contributed by atoms with Gasteiger partial charge in [0.15, 0.2) is 5.67 Å². The second kappa shape index (κ2) is 15.4. The lowest BCUT2D eigenvalue weighted by Gasteiger charge is -2.21. The third kappa shape index (κ3) is 9.82. The number of H-pyrrole nitrogens is 1. The molecule has 46 heavy (non-hydrogen) atoms. The van der Waals surface area contributed by atoms with E-state index in [0.29, 0.717) is 28.7 Å². The third-order valence-electron chi connectivity index (χ3n) is 7.00. The van der Waals surface area contributed by atoms with E-state index in [0.717, 1.165) is 17.7 Å². The van der Waals surface area contributed by atoms with Gasteiger partial charge in [0.2, 0.25) is 18.2 Å². The van der Waals surface area contributed by atoms with Gasteiger partial charge in [-0.2, -0.15) is 5.26 Å². The van der Waals surface area contributed by atoms with Crippen molar-refractivity contribution in [3.8, 4) is 6.07 Å². The molecule has 1 aliphatic heterocycles. The van der Waals surface area contributed by atoms with Crippen molar-refractivity contribution in [1.82, 2.24) is 14.8 Å². The largest absolute Gasteiger partial charge is 0.358 e. The summed E-state index contributed by atoms with van der Waals surface area (Å²) in [6, 6.07) is 11.4. The predicted octanol–water partition coefficient (Wildman–Crippen LogP) is 5.31. The molecular formula is C33H39F3N6O4. The molecule has 0 bridgehead atoms. The zero-order valence-electron chi connectivity index (χ0n) is 26.5.